The van der Waals surface area contributed by atoms with Gasteiger partial charge in [0.15, 0.2) is 11.7 Å². The van der Waals surface area contributed by atoms with E-state index in [-0.39, 0.29) is 0 Å². The second-order valence-electron chi connectivity index (χ2n) is 6.94. The average molecular weight is 388 g/mol. The largest absolute Gasteiger partial charge is 0.446 e. The van der Waals surface area contributed by atoms with E-state index in [2.05, 4.69) is 19.9 Å². The van der Waals surface area contributed by atoms with Gasteiger partial charge in [-0.3, -0.25) is 4.90 Å². The first-order valence-corrected chi connectivity index (χ1v) is 8.97. The number of fused-ring (bicyclic) bond motifs is 1. The molecule has 0 unspecified atom stereocenters. The molecule has 4 rings (SSSR count). The molecule has 0 atom stereocenters. The summed E-state index contributed by atoms with van der Waals surface area (Å²) in [5.41, 5.74) is 2.80. The van der Waals surface area contributed by atoms with E-state index in [0.717, 1.165) is 47.8 Å². The van der Waals surface area contributed by atoms with Gasteiger partial charge in [-0.05, 0) is 19.1 Å². The van der Waals surface area contributed by atoms with Crippen LogP contribution in [0.25, 0.3) is 11.4 Å². The van der Waals surface area contributed by atoms with E-state index in [4.69, 9.17) is 4.42 Å². The number of benzene rings is 1. The number of nitrogens with zero attached hydrogens (tertiary/aromatic N) is 4. The van der Waals surface area contributed by atoms with E-state index in [9.17, 15) is 13.2 Å². The van der Waals surface area contributed by atoms with E-state index >= 15 is 0 Å². The quantitative estimate of drug-likeness (QED) is 0.669. The third kappa shape index (κ3) is 3.77. The van der Waals surface area contributed by atoms with E-state index in [1.165, 1.54) is 12.1 Å². The van der Waals surface area contributed by atoms with Gasteiger partial charge in [-0.25, -0.2) is 15.0 Å². The van der Waals surface area contributed by atoms with Gasteiger partial charge in [0.25, 0.3) is 0 Å². The van der Waals surface area contributed by atoms with Crippen LogP contribution in [0.3, 0.4) is 0 Å². The Bertz CT molecular complexity index is 996. The van der Waals surface area contributed by atoms with Crippen LogP contribution in [-0.4, -0.2) is 26.4 Å². The first-order chi connectivity index (χ1) is 13.3. The standard InChI is InChI=1S/C20H19F3N4O/c1-12-18(25-13(2)28-12)11-27-8-7-17-15(10-27)9-24-19(26-17)14-3-5-16(6-4-14)20(21,22)23/h3-6,9H,7-8,10-11H2,1-2H3. The molecule has 0 saturated heterocycles. The summed E-state index contributed by atoms with van der Waals surface area (Å²) in [5.74, 6) is 1.94. The summed E-state index contributed by atoms with van der Waals surface area (Å²) in [6.07, 6.45) is -1.83. The van der Waals surface area contributed by atoms with Crippen molar-refractivity contribution >= 4 is 0 Å². The second kappa shape index (κ2) is 7.01. The maximum Gasteiger partial charge on any atom is 0.416 e. The minimum atomic E-state index is -4.35. The molecule has 2 aromatic heterocycles. The fourth-order valence-electron chi connectivity index (χ4n) is 3.39. The summed E-state index contributed by atoms with van der Waals surface area (Å²) in [5, 5.41) is 0. The van der Waals surface area contributed by atoms with Crippen molar-refractivity contribution in [2.24, 2.45) is 0 Å². The summed E-state index contributed by atoms with van der Waals surface area (Å²) in [6, 6.07) is 4.94. The molecule has 3 aromatic rings. The number of hydrogen-bond acceptors (Lipinski definition) is 5. The van der Waals surface area contributed by atoms with Crippen molar-refractivity contribution in [2.45, 2.75) is 39.5 Å². The zero-order valence-electron chi connectivity index (χ0n) is 15.5. The van der Waals surface area contributed by atoms with Crippen molar-refractivity contribution < 1.29 is 17.6 Å². The number of hydrogen-bond donors (Lipinski definition) is 0. The molecule has 0 N–H and O–H groups in total. The van der Waals surface area contributed by atoms with Crippen LogP contribution in [0.4, 0.5) is 13.2 Å². The minimum Gasteiger partial charge on any atom is -0.446 e. The summed E-state index contributed by atoms with van der Waals surface area (Å²) in [6.45, 7) is 5.96. The molecule has 0 saturated carbocycles. The van der Waals surface area contributed by atoms with Crippen molar-refractivity contribution in [2.75, 3.05) is 6.54 Å². The smallest absolute Gasteiger partial charge is 0.416 e. The van der Waals surface area contributed by atoms with Crippen molar-refractivity contribution in [3.05, 3.63) is 64.6 Å². The van der Waals surface area contributed by atoms with Gasteiger partial charge in [-0.2, -0.15) is 13.2 Å². The topological polar surface area (TPSA) is 55.1 Å². The van der Waals surface area contributed by atoms with Gasteiger partial charge in [0.2, 0.25) is 0 Å². The van der Waals surface area contributed by atoms with Crippen molar-refractivity contribution in [3.63, 3.8) is 0 Å². The summed E-state index contributed by atoms with van der Waals surface area (Å²) < 4.78 is 43.6. The first-order valence-electron chi connectivity index (χ1n) is 8.97. The molecule has 1 aromatic carbocycles. The Morgan fingerprint density at radius 2 is 1.86 bits per heavy atom. The van der Waals surface area contributed by atoms with Gasteiger partial charge in [-0.15, -0.1) is 0 Å². The lowest BCUT2D eigenvalue weighted by atomic mass is 10.1. The molecule has 0 aliphatic carbocycles. The minimum absolute atomic E-state index is 0.448. The first kappa shape index (κ1) is 18.6. The van der Waals surface area contributed by atoms with Crippen LogP contribution in [0, 0.1) is 13.8 Å². The Balaban J connectivity index is 1.50. The van der Waals surface area contributed by atoms with Gasteiger partial charge in [0.1, 0.15) is 5.76 Å². The van der Waals surface area contributed by atoms with Gasteiger partial charge >= 0.3 is 6.18 Å². The highest BCUT2D eigenvalue weighted by molar-refractivity contribution is 5.56. The van der Waals surface area contributed by atoms with Crippen LogP contribution >= 0.6 is 0 Å². The number of aromatic nitrogens is 3. The molecule has 0 bridgehead atoms. The number of oxazole rings is 1. The van der Waals surface area contributed by atoms with E-state index in [0.29, 0.717) is 30.4 Å². The Labute approximate surface area is 160 Å². The molecule has 146 valence electrons. The lowest BCUT2D eigenvalue weighted by Gasteiger charge is -2.27. The maximum atomic E-state index is 12.7. The number of rotatable bonds is 3. The predicted octanol–water partition coefficient (Wildman–Crippen LogP) is 4.33. The molecule has 3 heterocycles. The zero-order chi connectivity index (χ0) is 19.9. The SMILES string of the molecule is Cc1nc(CN2CCc3nc(-c4ccc(C(F)(F)F)cc4)ncc3C2)c(C)o1. The van der Waals surface area contributed by atoms with Crippen LogP contribution in [0.5, 0.6) is 0 Å². The molecule has 5 nitrogen and oxygen atoms in total. The van der Waals surface area contributed by atoms with E-state index in [1.807, 2.05) is 13.8 Å². The monoisotopic (exact) mass is 388 g/mol. The number of halogens is 3. The summed E-state index contributed by atoms with van der Waals surface area (Å²) in [4.78, 5) is 15.6. The number of alkyl halides is 3. The summed E-state index contributed by atoms with van der Waals surface area (Å²) in [7, 11) is 0. The second-order valence-corrected chi connectivity index (χ2v) is 6.94. The third-order valence-corrected chi connectivity index (χ3v) is 4.86. The zero-order valence-corrected chi connectivity index (χ0v) is 15.5. The van der Waals surface area contributed by atoms with Crippen molar-refractivity contribution in [3.8, 4) is 11.4 Å². The Kier molecular flexibility index (Phi) is 4.66. The molecular weight excluding hydrogens is 369 g/mol. The number of aryl methyl sites for hydroxylation is 2. The van der Waals surface area contributed by atoms with Crippen LogP contribution in [0.2, 0.25) is 0 Å². The van der Waals surface area contributed by atoms with Gasteiger partial charge in [0.05, 0.1) is 17.0 Å². The fourth-order valence-corrected chi connectivity index (χ4v) is 3.39. The lowest BCUT2D eigenvalue weighted by Crippen LogP contribution is -2.31. The molecule has 1 aliphatic heterocycles. The molecule has 0 radical (unpaired) electrons. The van der Waals surface area contributed by atoms with Gasteiger partial charge in [0, 0.05) is 50.3 Å². The van der Waals surface area contributed by atoms with E-state index in [1.54, 1.807) is 6.20 Å². The molecule has 1 aliphatic rings. The molecule has 0 fully saturated rings. The summed E-state index contributed by atoms with van der Waals surface area (Å²) >= 11 is 0. The third-order valence-electron chi connectivity index (χ3n) is 4.86. The molecular formula is C20H19F3N4O. The Hall–Kier alpha value is -2.74. The highest BCUT2D eigenvalue weighted by Crippen LogP contribution is 2.30. The Morgan fingerprint density at radius 1 is 1.11 bits per heavy atom. The van der Waals surface area contributed by atoms with Crippen LogP contribution in [0.1, 0.15) is 34.2 Å². The average Bonchev–Trinajstić information content (AvgIpc) is 2.97. The van der Waals surface area contributed by atoms with Crippen LogP contribution in [-0.2, 0) is 25.7 Å². The van der Waals surface area contributed by atoms with Gasteiger partial charge in [-0.1, -0.05) is 12.1 Å². The van der Waals surface area contributed by atoms with Crippen molar-refractivity contribution in [1.29, 1.82) is 0 Å². The van der Waals surface area contributed by atoms with Gasteiger partial charge < -0.3 is 4.42 Å². The normalized spacial score (nSPS) is 14.9. The Morgan fingerprint density at radius 3 is 2.50 bits per heavy atom. The van der Waals surface area contributed by atoms with Crippen LogP contribution < -0.4 is 0 Å². The van der Waals surface area contributed by atoms with Crippen molar-refractivity contribution in [1.82, 2.24) is 19.9 Å². The molecule has 28 heavy (non-hydrogen) atoms. The maximum absolute atomic E-state index is 12.7. The van der Waals surface area contributed by atoms with Crippen LogP contribution in [0.15, 0.2) is 34.9 Å². The fraction of sp³-hybridized carbons (Fsp3) is 0.350. The molecule has 8 heteroatoms. The molecule has 0 amide bonds. The van der Waals surface area contributed by atoms with E-state index < -0.39 is 11.7 Å². The highest BCUT2D eigenvalue weighted by Gasteiger charge is 2.30. The predicted molar refractivity (Wildman–Crippen MR) is 96.3 cm³/mol. The lowest BCUT2D eigenvalue weighted by molar-refractivity contribution is -0.137. The molecule has 0 spiro atoms. The highest BCUT2D eigenvalue weighted by atomic mass is 19.4.